The molecule has 0 spiro atoms. The fourth-order valence-electron chi connectivity index (χ4n) is 2.12. The summed E-state index contributed by atoms with van der Waals surface area (Å²) in [6.45, 7) is 3.81. The van der Waals surface area contributed by atoms with Crippen LogP contribution in [0.1, 0.15) is 11.1 Å². The van der Waals surface area contributed by atoms with Crippen molar-refractivity contribution in [2.24, 2.45) is 0 Å². The molecule has 0 radical (unpaired) electrons. The van der Waals surface area contributed by atoms with Crippen molar-refractivity contribution < 1.29 is 17.5 Å². The van der Waals surface area contributed by atoms with Gasteiger partial charge in [0.25, 0.3) is 0 Å². The molecule has 0 N–H and O–H groups in total. The van der Waals surface area contributed by atoms with Crippen molar-refractivity contribution in [2.45, 2.75) is 18.7 Å². The van der Waals surface area contributed by atoms with E-state index in [9.17, 15) is 12.8 Å². The Morgan fingerprint density at radius 3 is 2.52 bits per heavy atom. The van der Waals surface area contributed by atoms with Crippen molar-refractivity contribution in [1.82, 2.24) is 4.31 Å². The average molecular weight is 337 g/mol. The zero-order valence-corrected chi connectivity index (χ0v) is 14.2. The summed E-state index contributed by atoms with van der Waals surface area (Å²) in [6, 6.07) is 11.3. The molecular weight excluding hydrogens is 317 g/mol. The van der Waals surface area contributed by atoms with Crippen molar-refractivity contribution in [3.05, 3.63) is 59.4 Å². The first-order valence-electron chi connectivity index (χ1n) is 7.23. The van der Waals surface area contributed by atoms with Crippen molar-refractivity contribution in [2.75, 3.05) is 20.2 Å². The minimum Gasteiger partial charge on any atom is -0.489 e. The lowest BCUT2D eigenvalue weighted by molar-refractivity contribution is 0.275. The number of hydrogen-bond acceptors (Lipinski definition) is 3. The number of aryl methyl sites for hydroxylation is 2. The molecular formula is C17H20FNO3S. The van der Waals surface area contributed by atoms with Gasteiger partial charge in [0.2, 0.25) is 10.0 Å². The van der Waals surface area contributed by atoms with E-state index in [-0.39, 0.29) is 23.8 Å². The molecule has 2 aromatic carbocycles. The summed E-state index contributed by atoms with van der Waals surface area (Å²) in [5.41, 5.74) is 1.57. The molecule has 0 aliphatic carbocycles. The lowest BCUT2D eigenvalue weighted by Gasteiger charge is -2.19. The van der Waals surface area contributed by atoms with Crippen molar-refractivity contribution in [3.63, 3.8) is 0 Å². The number of halogens is 1. The van der Waals surface area contributed by atoms with E-state index in [1.807, 2.05) is 13.0 Å². The molecule has 0 fully saturated rings. The van der Waals surface area contributed by atoms with Crippen LogP contribution in [0.5, 0.6) is 5.75 Å². The summed E-state index contributed by atoms with van der Waals surface area (Å²) in [7, 11) is -2.11. The Morgan fingerprint density at radius 1 is 1.13 bits per heavy atom. The molecule has 0 heterocycles. The van der Waals surface area contributed by atoms with Crippen LogP contribution in [0.15, 0.2) is 47.4 Å². The molecule has 2 rings (SSSR count). The van der Waals surface area contributed by atoms with Crippen LogP contribution in [0.2, 0.25) is 0 Å². The molecule has 0 saturated heterocycles. The predicted molar refractivity (Wildman–Crippen MR) is 87.6 cm³/mol. The fraction of sp³-hybridized carbons (Fsp3) is 0.294. The highest BCUT2D eigenvalue weighted by molar-refractivity contribution is 7.89. The zero-order chi connectivity index (χ0) is 17.0. The van der Waals surface area contributed by atoms with Gasteiger partial charge in [0.15, 0.2) is 11.6 Å². The van der Waals surface area contributed by atoms with Crippen LogP contribution in [-0.2, 0) is 10.0 Å². The molecule has 124 valence electrons. The van der Waals surface area contributed by atoms with E-state index < -0.39 is 15.8 Å². The van der Waals surface area contributed by atoms with Crippen LogP contribution in [0.4, 0.5) is 4.39 Å². The molecule has 23 heavy (non-hydrogen) atoms. The lowest BCUT2D eigenvalue weighted by Crippen LogP contribution is -2.31. The molecule has 0 bridgehead atoms. The highest BCUT2D eigenvalue weighted by atomic mass is 32.2. The third kappa shape index (κ3) is 4.09. The highest BCUT2D eigenvalue weighted by Gasteiger charge is 2.22. The quantitative estimate of drug-likeness (QED) is 0.813. The zero-order valence-electron chi connectivity index (χ0n) is 13.4. The van der Waals surface area contributed by atoms with Gasteiger partial charge in [0.05, 0.1) is 4.90 Å². The Labute approximate surface area is 136 Å². The molecule has 0 amide bonds. The summed E-state index contributed by atoms with van der Waals surface area (Å²) >= 11 is 0. The Balaban J connectivity index is 2.06. The van der Waals surface area contributed by atoms with Gasteiger partial charge in [-0.2, -0.15) is 4.31 Å². The topological polar surface area (TPSA) is 46.6 Å². The van der Waals surface area contributed by atoms with Crippen molar-refractivity contribution in [3.8, 4) is 5.75 Å². The van der Waals surface area contributed by atoms with Gasteiger partial charge in [-0.05, 0) is 43.2 Å². The molecule has 0 aliphatic rings. The minimum atomic E-state index is -3.60. The molecule has 0 saturated carbocycles. The smallest absolute Gasteiger partial charge is 0.243 e. The molecule has 0 atom stereocenters. The van der Waals surface area contributed by atoms with Gasteiger partial charge in [-0.25, -0.2) is 12.8 Å². The Kier molecular flexibility index (Phi) is 5.38. The van der Waals surface area contributed by atoms with Crippen LogP contribution in [0, 0.1) is 19.7 Å². The van der Waals surface area contributed by atoms with Gasteiger partial charge in [-0.1, -0.05) is 24.3 Å². The summed E-state index contributed by atoms with van der Waals surface area (Å²) in [5, 5.41) is 0. The Morgan fingerprint density at radius 2 is 1.83 bits per heavy atom. The molecule has 0 aromatic heterocycles. The van der Waals surface area contributed by atoms with E-state index in [4.69, 9.17) is 4.74 Å². The Bertz CT molecular complexity index is 790. The van der Waals surface area contributed by atoms with E-state index in [1.54, 1.807) is 31.2 Å². The summed E-state index contributed by atoms with van der Waals surface area (Å²) in [4.78, 5) is 0.283. The maximum Gasteiger partial charge on any atom is 0.243 e. The van der Waals surface area contributed by atoms with Gasteiger partial charge >= 0.3 is 0 Å². The highest BCUT2D eigenvalue weighted by Crippen LogP contribution is 2.20. The second-order valence-corrected chi connectivity index (χ2v) is 7.39. The van der Waals surface area contributed by atoms with E-state index in [0.29, 0.717) is 5.56 Å². The number of nitrogens with zero attached hydrogens (tertiary/aromatic N) is 1. The van der Waals surface area contributed by atoms with Crippen LogP contribution < -0.4 is 4.74 Å². The number of ether oxygens (including phenoxy) is 1. The number of hydrogen-bond donors (Lipinski definition) is 0. The molecule has 6 heteroatoms. The maximum atomic E-state index is 13.5. The second-order valence-electron chi connectivity index (χ2n) is 5.37. The van der Waals surface area contributed by atoms with Gasteiger partial charge in [-0.3, -0.25) is 0 Å². The number of benzene rings is 2. The van der Waals surface area contributed by atoms with E-state index in [2.05, 4.69) is 0 Å². The predicted octanol–water partition coefficient (Wildman–Crippen LogP) is 3.14. The molecule has 2 aromatic rings. The monoisotopic (exact) mass is 337 g/mol. The van der Waals surface area contributed by atoms with Crippen LogP contribution in [0.25, 0.3) is 0 Å². The number of para-hydroxylation sites is 1. The SMILES string of the molecule is Cc1ccc(C)c(S(=O)(=O)N(C)CCOc2ccccc2F)c1. The molecule has 4 nitrogen and oxygen atoms in total. The normalized spacial score (nSPS) is 11.7. The molecule has 0 aliphatic heterocycles. The largest absolute Gasteiger partial charge is 0.489 e. The van der Waals surface area contributed by atoms with Gasteiger partial charge < -0.3 is 4.74 Å². The lowest BCUT2D eigenvalue weighted by atomic mass is 10.2. The summed E-state index contributed by atoms with van der Waals surface area (Å²) < 4.78 is 45.2. The fourth-order valence-corrected chi connectivity index (χ4v) is 3.58. The van der Waals surface area contributed by atoms with E-state index in [1.165, 1.54) is 23.5 Å². The van der Waals surface area contributed by atoms with Crippen molar-refractivity contribution >= 4 is 10.0 Å². The van der Waals surface area contributed by atoms with E-state index in [0.717, 1.165) is 5.56 Å². The number of rotatable bonds is 6. The third-order valence-electron chi connectivity index (χ3n) is 3.53. The van der Waals surface area contributed by atoms with Crippen molar-refractivity contribution in [1.29, 1.82) is 0 Å². The number of sulfonamides is 1. The van der Waals surface area contributed by atoms with Gasteiger partial charge in [0, 0.05) is 13.6 Å². The maximum absolute atomic E-state index is 13.5. The average Bonchev–Trinajstić information content (AvgIpc) is 2.51. The van der Waals surface area contributed by atoms with Gasteiger partial charge in [0.1, 0.15) is 6.61 Å². The Hall–Kier alpha value is -1.92. The first-order chi connectivity index (χ1) is 10.8. The first-order valence-corrected chi connectivity index (χ1v) is 8.67. The summed E-state index contributed by atoms with van der Waals surface area (Å²) in [6.07, 6.45) is 0. The van der Waals surface area contributed by atoms with Crippen LogP contribution >= 0.6 is 0 Å². The minimum absolute atomic E-state index is 0.0710. The number of likely N-dealkylation sites (N-methyl/N-ethyl adjacent to an activating group) is 1. The van der Waals surface area contributed by atoms with Crippen LogP contribution in [-0.4, -0.2) is 32.9 Å². The summed E-state index contributed by atoms with van der Waals surface area (Å²) in [5.74, 6) is -0.349. The molecule has 0 unspecified atom stereocenters. The van der Waals surface area contributed by atoms with Crippen LogP contribution in [0.3, 0.4) is 0 Å². The third-order valence-corrected chi connectivity index (χ3v) is 5.53. The first kappa shape index (κ1) is 17.4. The van der Waals surface area contributed by atoms with Gasteiger partial charge in [-0.15, -0.1) is 0 Å². The standard InChI is InChI=1S/C17H20FNO3S/c1-13-8-9-14(2)17(12-13)23(20,21)19(3)10-11-22-16-7-5-4-6-15(16)18/h4-9,12H,10-11H2,1-3H3. The van der Waals surface area contributed by atoms with E-state index >= 15 is 0 Å². The second kappa shape index (κ2) is 7.10.